The van der Waals surface area contributed by atoms with E-state index in [0.717, 1.165) is 15.8 Å². The van der Waals surface area contributed by atoms with E-state index in [-0.39, 0.29) is 12.4 Å². The molecule has 0 aromatic heterocycles. The average Bonchev–Trinajstić information content (AvgIpc) is 3.31. The number of rotatable bonds is 8. The van der Waals surface area contributed by atoms with Crippen molar-refractivity contribution in [3.63, 3.8) is 0 Å². The van der Waals surface area contributed by atoms with Crippen LogP contribution in [0, 0.1) is 23.1 Å². The Morgan fingerprint density at radius 3 is 2.29 bits per heavy atom. The number of anilines is 2. The molecule has 34 heavy (non-hydrogen) atoms. The SMILES string of the molecule is CN(c1ccc(F)cc1)c1cc(Br)cc(COC(=O)C2C(C(Cl)C(Cl)(Cl)C(F)(F)Cl)C2(C)C)c1. The van der Waals surface area contributed by atoms with E-state index in [1.54, 1.807) is 32.0 Å². The van der Waals surface area contributed by atoms with Crippen LogP contribution in [0.4, 0.5) is 24.5 Å². The average molecular weight is 622 g/mol. The van der Waals surface area contributed by atoms with Crippen LogP contribution in [0.15, 0.2) is 46.9 Å². The van der Waals surface area contributed by atoms with Crippen molar-refractivity contribution in [2.45, 2.75) is 35.5 Å². The minimum absolute atomic E-state index is 0.0622. The maximum absolute atomic E-state index is 13.6. The standard InChI is InChI=1S/C23H21BrCl4F3NO2/c1-21(2)17(19(25)22(26,27)23(28,30)31)18(21)20(33)34-11-12-8-13(24)10-16(9-12)32(3)15-6-4-14(29)5-7-15/h4-10,17-19H,11H2,1-3H3. The van der Waals surface area contributed by atoms with E-state index in [4.69, 9.17) is 51.1 Å². The van der Waals surface area contributed by atoms with Gasteiger partial charge in [-0.3, -0.25) is 4.79 Å². The van der Waals surface area contributed by atoms with Crippen LogP contribution in [0.1, 0.15) is 19.4 Å². The second-order valence-electron chi connectivity index (χ2n) is 8.81. The highest BCUT2D eigenvalue weighted by atomic mass is 79.9. The highest BCUT2D eigenvalue weighted by Gasteiger charge is 2.71. The third-order valence-electron chi connectivity index (χ3n) is 6.13. The van der Waals surface area contributed by atoms with Crippen molar-refractivity contribution >= 4 is 79.7 Å². The largest absolute Gasteiger partial charge is 0.461 e. The molecular formula is C23H21BrCl4F3NO2. The highest BCUT2D eigenvalue weighted by Crippen LogP contribution is 2.66. The maximum atomic E-state index is 13.6. The molecule has 11 heteroatoms. The summed E-state index contributed by atoms with van der Waals surface area (Å²) in [5, 5.41) is -5.48. The zero-order chi connectivity index (χ0) is 25.6. The van der Waals surface area contributed by atoms with Crippen LogP contribution in [-0.4, -0.2) is 28.1 Å². The molecule has 1 aliphatic rings. The second kappa shape index (κ2) is 9.89. The Bertz CT molecular complexity index is 1060. The smallest absolute Gasteiger partial charge is 0.355 e. The summed E-state index contributed by atoms with van der Waals surface area (Å²) in [7, 11) is 1.82. The predicted molar refractivity (Wildman–Crippen MR) is 134 cm³/mol. The van der Waals surface area contributed by atoms with Gasteiger partial charge in [0.25, 0.3) is 0 Å². The molecule has 0 spiro atoms. The third-order valence-corrected chi connectivity index (χ3v) is 8.85. The number of benzene rings is 2. The first-order valence-corrected chi connectivity index (χ1v) is 12.5. The van der Waals surface area contributed by atoms with Crippen molar-refractivity contribution in [1.82, 2.24) is 0 Å². The van der Waals surface area contributed by atoms with Crippen molar-refractivity contribution in [2.24, 2.45) is 17.3 Å². The van der Waals surface area contributed by atoms with Crippen LogP contribution in [0.25, 0.3) is 0 Å². The van der Waals surface area contributed by atoms with E-state index in [0.29, 0.717) is 5.56 Å². The van der Waals surface area contributed by atoms with E-state index >= 15 is 0 Å². The van der Waals surface area contributed by atoms with E-state index in [1.165, 1.54) is 12.1 Å². The molecule has 0 aliphatic heterocycles. The van der Waals surface area contributed by atoms with Gasteiger partial charge in [-0.1, -0.05) is 53.0 Å². The van der Waals surface area contributed by atoms with Crippen LogP contribution >= 0.6 is 62.3 Å². The van der Waals surface area contributed by atoms with Gasteiger partial charge in [-0.15, -0.1) is 11.6 Å². The first-order valence-electron chi connectivity index (χ1n) is 10.1. The second-order valence-corrected chi connectivity index (χ2v) is 12.1. The number of esters is 1. The number of carbonyl (C=O) groups excluding carboxylic acids is 1. The summed E-state index contributed by atoms with van der Waals surface area (Å²) < 4.78 is 44.0. The fourth-order valence-corrected chi connectivity index (χ4v) is 5.60. The van der Waals surface area contributed by atoms with Gasteiger partial charge >= 0.3 is 11.4 Å². The van der Waals surface area contributed by atoms with Gasteiger partial charge in [0.1, 0.15) is 12.4 Å². The van der Waals surface area contributed by atoms with Gasteiger partial charge in [-0.25, -0.2) is 4.39 Å². The van der Waals surface area contributed by atoms with Crippen molar-refractivity contribution in [1.29, 1.82) is 0 Å². The van der Waals surface area contributed by atoms with Gasteiger partial charge in [-0.2, -0.15) is 8.78 Å². The number of alkyl halides is 6. The Morgan fingerprint density at radius 2 is 1.74 bits per heavy atom. The Morgan fingerprint density at radius 1 is 1.15 bits per heavy atom. The summed E-state index contributed by atoms with van der Waals surface area (Å²) in [5.74, 6) is -2.48. The van der Waals surface area contributed by atoms with Crippen LogP contribution in [0.5, 0.6) is 0 Å². The molecule has 3 unspecified atom stereocenters. The molecule has 0 amide bonds. The van der Waals surface area contributed by atoms with E-state index in [1.807, 2.05) is 24.1 Å². The van der Waals surface area contributed by atoms with E-state index in [9.17, 15) is 18.0 Å². The third kappa shape index (κ3) is 5.59. The van der Waals surface area contributed by atoms with Crippen molar-refractivity contribution in [3.05, 3.63) is 58.3 Å². The van der Waals surface area contributed by atoms with Gasteiger partial charge in [0.15, 0.2) is 0 Å². The van der Waals surface area contributed by atoms with Gasteiger partial charge in [0.2, 0.25) is 4.33 Å². The lowest BCUT2D eigenvalue weighted by Crippen LogP contribution is -2.43. The number of carbonyl (C=O) groups is 1. The molecule has 0 N–H and O–H groups in total. The molecule has 0 saturated heterocycles. The van der Waals surface area contributed by atoms with E-state index in [2.05, 4.69) is 15.9 Å². The molecule has 0 heterocycles. The van der Waals surface area contributed by atoms with Gasteiger partial charge in [0, 0.05) is 22.9 Å². The normalized spacial score (nSPS) is 20.6. The molecule has 1 aliphatic carbocycles. The quantitative estimate of drug-likeness (QED) is 0.219. The number of hydrogen-bond acceptors (Lipinski definition) is 3. The summed E-state index contributed by atoms with van der Waals surface area (Å²) in [6.45, 7) is 3.33. The maximum Gasteiger partial charge on any atom is 0.355 e. The van der Waals surface area contributed by atoms with Gasteiger partial charge in [0.05, 0.1) is 11.3 Å². The number of halogens is 8. The number of ether oxygens (including phenoxy) is 1. The zero-order valence-electron chi connectivity index (χ0n) is 18.3. The summed E-state index contributed by atoms with van der Waals surface area (Å²) in [4.78, 5) is 14.6. The van der Waals surface area contributed by atoms with E-state index < -0.39 is 38.3 Å². The molecule has 3 nitrogen and oxygen atoms in total. The molecule has 3 atom stereocenters. The topological polar surface area (TPSA) is 29.5 Å². The fourth-order valence-electron chi connectivity index (χ4n) is 4.02. The summed E-state index contributed by atoms with van der Waals surface area (Å²) >= 11 is 26.2. The summed E-state index contributed by atoms with van der Waals surface area (Å²) in [5.41, 5.74) is 1.46. The van der Waals surface area contributed by atoms with Crippen LogP contribution in [-0.2, 0) is 16.1 Å². The van der Waals surface area contributed by atoms with Crippen LogP contribution in [0.2, 0.25) is 0 Å². The molecule has 186 valence electrons. The molecule has 1 fully saturated rings. The van der Waals surface area contributed by atoms with Crippen molar-refractivity contribution < 1.29 is 22.7 Å². The fraction of sp³-hybridized carbons (Fsp3) is 0.435. The lowest BCUT2D eigenvalue weighted by molar-refractivity contribution is -0.147. The Labute approximate surface area is 224 Å². The molecule has 0 radical (unpaired) electrons. The first-order chi connectivity index (χ1) is 15.6. The minimum atomic E-state index is -3.99. The summed E-state index contributed by atoms with van der Waals surface area (Å²) in [6.07, 6.45) is 0. The van der Waals surface area contributed by atoms with Gasteiger partial charge < -0.3 is 9.64 Å². The van der Waals surface area contributed by atoms with Crippen LogP contribution in [0.3, 0.4) is 0 Å². The Balaban J connectivity index is 1.71. The number of nitrogens with zero attached hydrogens (tertiary/aromatic N) is 1. The lowest BCUT2D eigenvalue weighted by atomic mass is 10.1. The minimum Gasteiger partial charge on any atom is -0.461 e. The monoisotopic (exact) mass is 619 g/mol. The first kappa shape index (κ1) is 27.7. The molecule has 2 aromatic rings. The zero-order valence-corrected chi connectivity index (χ0v) is 22.9. The van der Waals surface area contributed by atoms with Gasteiger partial charge in [-0.05, 0) is 71.0 Å². The lowest BCUT2D eigenvalue weighted by Gasteiger charge is -2.29. The molecular weight excluding hydrogens is 601 g/mol. The Kier molecular flexibility index (Phi) is 8.06. The highest BCUT2D eigenvalue weighted by molar-refractivity contribution is 9.10. The number of hydrogen-bond donors (Lipinski definition) is 0. The molecule has 0 bridgehead atoms. The molecule has 2 aromatic carbocycles. The summed E-state index contributed by atoms with van der Waals surface area (Å²) in [6, 6.07) is 11.5. The van der Waals surface area contributed by atoms with Crippen molar-refractivity contribution in [3.8, 4) is 0 Å². The predicted octanol–water partition coefficient (Wildman–Crippen LogP) is 8.28. The molecule has 1 saturated carbocycles. The Hall–Kier alpha value is -0.860. The van der Waals surface area contributed by atoms with Crippen molar-refractivity contribution in [2.75, 3.05) is 11.9 Å². The molecule has 3 rings (SSSR count). The van der Waals surface area contributed by atoms with Crippen LogP contribution < -0.4 is 4.90 Å².